The van der Waals surface area contributed by atoms with E-state index in [4.69, 9.17) is 40.5 Å². The van der Waals surface area contributed by atoms with E-state index in [1.807, 2.05) is 12.1 Å². The van der Waals surface area contributed by atoms with Gasteiger partial charge in [0.1, 0.15) is 0 Å². The Bertz CT molecular complexity index is 1380. The number of rotatable bonds is 9. The van der Waals surface area contributed by atoms with Crippen LogP contribution in [0.15, 0.2) is 36.4 Å². The fraction of sp³-hybridized carbons (Fsp3) is 0.675. The first-order valence-corrected chi connectivity index (χ1v) is 27.0. The Labute approximate surface area is 381 Å². The minimum absolute atomic E-state index is 0. The Morgan fingerprint density at radius 3 is 1.65 bits per heavy atom. The number of piperazine rings is 2. The van der Waals surface area contributed by atoms with Gasteiger partial charge in [0.2, 0.25) is 0 Å². The van der Waals surface area contributed by atoms with Gasteiger partial charge in [-0.3, -0.25) is 9.80 Å². The number of carbonyl (C=O) groups is 1. The van der Waals surface area contributed by atoms with Gasteiger partial charge in [-0.2, -0.15) is 0 Å². The highest BCUT2D eigenvalue weighted by atomic mass is 128. The SMILES string of the molecule is Cc1cccc(N2CCN(CCC3CCC(NC(=O)N(C)C)CC3)CC2)c1Cl.I.II.NC1CCC(CCN2CCN(c3cccc(Cl)c3Cl)CC2)CC1. The minimum Gasteiger partial charge on any atom is -0.368 e. The molecular weight excluding hydrogens is 1080 g/mol. The molecule has 3 N–H and O–H groups in total. The molecule has 0 atom stereocenters. The highest BCUT2D eigenvalue weighted by Crippen LogP contribution is 2.34. The Morgan fingerprint density at radius 1 is 0.722 bits per heavy atom. The predicted molar refractivity (Wildman–Crippen MR) is 261 cm³/mol. The zero-order valence-electron chi connectivity index (χ0n) is 32.4. The summed E-state index contributed by atoms with van der Waals surface area (Å²) in [6.07, 6.45) is 12.4. The van der Waals surface area contributed by atoms with Crippen LogP contribution in [0.2, 0.25) is 15.1 Å². The van der Waals surface area contributed by atoms with Crippen molar-refractivity contribution in [2.24, 2.45) is 17.6 Å². The molecule has 2 aliphatic carbocycles. The summed E-state index contributed by atoms with van der Waals surface area (Å²) in [6, 6.07) is 13.0. The van der Waals surface area contributed by atoms with Gasteiger partial charge in [-0.25, -0.2) is 4.79 Å². The second-order valence-corrected chi connectivity index (χ2v) is 16.7. The number of nitrogens with one attached hydrogen (secondary N) is 1. The number of carbonyl (C=O) groups excluding carboxylic acids is 1. The maximum absolute atomic E-state index is 11.8. The Kier molecular flexibility index (Phi) is 23.1. The summed E-state index contributed by atoms with van der Waals surface area (Å²) < 4.78 is 0. The highest BCUT2D eigenvalue weighted by molar-refractivity contribution is 15.0. The third-order valence-corrected chi connectivity index (χ3v) is 13.0. The summed E-state index contributed by atoms with van der Waals surface area (Å²) in [4.78, 5) is 23.4. The van der Waals surface area contributed by atoms with E-state index >= 15 is 0 Å². The molecule has 2 amide bonds. The molecule has 0 bridgehead atoms. The molecule has 2 saturated heterocycles. The van der Waals surface area contributed by atoms with E-state index < -0.39 is 0 Å². The van der Waals surface area contributed by atoms with Gasteiger partial charge in [0.15, 0.2) is 0 Å². The van der Waals surface area contributed by atoms with E-state index in [1.54, 1.807) is 19.0 Å². The van der Waals surface area contributed by atoms with E-state index in [1.165, 1.54) is 70.1 Å². The fourth-order valence-corrected chi connectivity index (χ4v) is 8.80. The number of halogens is 6. The van der Waals surface area contributed by atoms with Crippen LogP contribution in [0, 0.1) is 18.8 Å². The van der Waals surface area contributed by atoms with Gasteiger partial charge in [0, 0.05) is 116 Å². The topological polar surface area (TPSA) is 71.3 Å². The summed E-state index contributed by atoms with van der Waals surface area (Å²) in [5.74, 6) is 1.69. The smallest absolute Gasteiger partial charge is 0.317 e. The lowest BCUT2D eigenvalue weighted by Gasteiger charge is -2.37. The van der Waals surface area contributed by atoms with Crippen molar-refractivity contribution in [2.75, 3.05) is 89.3 Å². The van der Waals surface area contributed by atoms with Crippen molar-refractivity contribution in [1.82, 2.24) is 20.0 Å². The van der Waals surface area contributed by atoms with Gasteiger partial charge in [-0.15, -0.1) is 24.0 Å². The van der Waals surface area contributed by atoms with Crippen molar-refractivity contribution in [3.8, 4) is 0 Å². The molecular formula is C40H63Cl3I3N7O. The second-order valence-electron chi connectivity index (χ2n) is 15.6. The fourth-order valence-electron chi connectivity index (χ4n) is 8.14. The molecule has 6 rings (SSSR count). The van der Waals surface area contributed by atoms with E-state index in [0.717, 1.165) is 93.3 Å². The number of nitrogens with zero attached hydrogens (tertiary/aromatic N) is 5. The number of hydrogen-bond acceptors (Lipinski definition) is 6. The lowest BCUT2D eigenvalue weighted by atomic mass is 9.84. The molecule has 0 aromatic heterocycles. The van der Waals surface area contributed by atoms with Crippen molar-refractivity contribution in [3.63, 3.8) is 0 Å². The van der Waals surface area contributed by atoms with Gasteiger partial charge in [-0.1, -0.05) is 53.0 Å². The van der Waals surface area contributed by atoms with Crippen LogP contribution in [0.3, 0.4) is 0 Å². The van der Waals surface area contributed by atoms with Gasteiger partial charge >= 0.3 is 6.03 Å². The first kappa shape index (κ1) is 48.6. The number of benzene rings is 2. The van der Waals surface area contributed by atoms with Crippen LogP contribution in [0.1, 0.15) is 69.8 Å². The van der Waals surface area contributed by atoms with Gasteiger partial charge < -0.3 is 25.8 Å². The number of aryl methyl sites for hydroxylation is 1. The number of anilines is 2. The van der Waals surface area contributed by atoms with Gasteiger partial charge in [-0.05, 0) is 120 Å². The third kappa shape index (κ3) is 15.4. The maximum atomic E-state index is 11.8. The molecule has 0 radical (unpaired) electrons. The molecule has 2 aliphatic heterocycles. The number of urea groups is 1. The van der Waals surface area contributed by atoms with Gasteiger partial charge in [0.05, 0.1) is 26.4 Å². The van der Waals surface area contributed by atoms with Crippen molar-refractivity contribution < 1.29 is 4.79 Å². The monoisotopic (exact) mass is 1140 g/mol. The average Bonchev–Trinajstić information content (AvgIpc) is 3.18. The second kappa shape index (κ2) is 25.7. The van der Waals surface area contributed by atoms with Crippen LogP contribution in [0.4, 0.5) is 16.2 Å². The van der Waals surface area contributed by atoms with Crippen molar-refractivity contribution in [1.29, 1.82) is 0 Å². The quantitative estimate of drug-likeness (QED) is 0.244. The van der Waals surface area contributed by atoms with E-state index in [0.29, 0.717) is 22.1 Å². The van der Waals surface area contributed by atoms with Crippen molar-refractivity contribution >= 4 is 113 Å². The summed E-state index contributed by atoms with van der Waals surface area (Å²) >= 11 is 23.2. The molecule has 4 fully saturated rings. The van der Waals surface area contributed by atoms with Crippen LogP contribution in [-0.2, 0) is 0 Å². The molecule has 8 nitrogen and oxygen atoms in total. The third-order valence-electron chi connectivity index (χ3n) is 11.7. The van der Waals surface area contributed by atoms with Crippen LogP contribution >= 0.6 is 96.0 Å². The molecule has 2 saturated carbocycles. The Morgan fingerprint density at radius 2 is 1.17 bits per heavy atom. The highest BCUT2D eigenvalue weighted by Gasteiger charge is 2.26. The molecule has 54 heavy (non-hydrogen) atoms. The molecule has 2 aromatic carbocycles. The largest absolute Gasteiger partial charge is 0.368 e. The van der Waals surface area contributed by atoms with E-state index in [-0.39, 0.29) is 30.0 Å². The Hall–Kier alpha value is 0.250. The van der Waals surface area contributed by atoms with Crippen LogP contribution in [-0.4, -0.2) is 112 Å². The standard InChI is InChI=1S/C22H35ClN4O.C18H27Cl2N3.I2.HI/c1-17-5-4-6-20(21(17)23)27-15-13-26(14-16-27)12-11-18-7-9-19(10-8-18)24-22(28)25(2)3;19-16-2-1-3-17(18(16)20)23-12-10-22(11-13-23)9-8-14-4-6-15(21)7-5-14;1-2;/h4-6,18-19H,7-16H2,1-3H3,(H,24,28);1-3,14-15H,4-13,21H2;;1H. The summed E-state index contributed by atoms with van der Waals surface area (Å²) in [5, 5.41) is 5.35. The zero-order chi connectivity index (χ0) is 38.3. The number of nitrogens with two attached hydrogens (primary N) is 1. The lowest BCUT2D eigenvalue weighted by molar-refractivity contribution is 0.194. The molecule has 306 valence electrons. The first-order valence-electron chi connectivity index (χ1n) is 19.6. The Balaban J connectivity index is 0.000000277. The summed E-state index contributed by atoms with van der Waals surface area (Å²) in [6.45, 7) is 13.1. The van der Waals surface area contributed by atoms with Crippen molar-refractivity contribution in [3.05, 3.63) is 57.0 Å². The van der Waals surface area contributed by atoms with Crippen LogP contribution < -0.4 is 20.9 Å². The van der Waals surface area contributed by atoms with Crippen LogP contribution in [0.5, 0.6) is 0 Å². The molecule has 14 heteroatoms. The zero-order valence-corrected chi connectivity index (χ0v) is 41.3. The molecule has 0 unspecified atom stereocenters. The molecule has 4 aliphatic rings. The number of amides is 2. The normalized spacial score (nSPS) is 23.6. The van der Waals surface area contributed by atoms with E-state index in [2.05, 4.69) is 93.3 Å². The minimum atomic E-state index is 0. The van der Waals surface area contributed by atoms with Crippen LogP contribution in [0.25, 0.3) is 0 Å². The van der Waals surface area contributed by atoms with E-state index in [9.17, 15) is 4.79 Å². The van der Waals surface area contributed by atoms with Crippen molar-refractivity contribution in [2.45, 2.75) is 83.2 Å². The predicted octanol–water partition coefficient (Wildman–Crippen LogP) is 10.4. The molecule has 2 aromatic rings. The molecule has 2 heterocycles. The maximum Gasteiger partial charge on any atom is 0.317 e. The lowest BCUT2D eigenvalue weighted by Crippen LogP contribution is -2.47. The van der Waals surface area contributed by atoms with Gasteiger partial charge in [0.25, 0.3) is 0 Å². The summed E-state index contributed by atoms with van der Waals surface area (Å²) in [7, 11) is 3.60. The summed E-state index contributed by atoms with van der Waals surface area (Å²) in [5.41, 5.74) is 9.39. The first-order chi connectivity index (χ1) is 25.6. The average molecular weight is 1150 g/mol. The molecule has 0 spiro atoms. The number of hydrogen-bond donors (Lipinski definition) is 2.